The molecule has 0 aliphatic heterocycles. The van der Waals surface area contributed by atoms with Crippen LogP contribution in [0.2, 0.25) is 5.02 Å². The zero-order chi connectivity index (χ0) is 18.8. The van der Waals surface area contributed by atoms with Crippen LogP contribution in [0.15, 0.2) is 42.5 Å². The van der Waals surface area contributed by atoms with Gasteiger partial charge in [0.05, 0.1) is 17.5 Å². The van der Waals surface area contributed by atoms with E-state index in [4.69, 9.17) is 11.6 Å². The minimum Gasteiger partial charge on any atom is -0.481 e. The van der Waals surface area contributed by atoms with E-state index in [-0.39, 0.29) is 18.2 Å². The minimum atomic E-state index is -0.864. The number of fused-ring (bicyclic) bond motifs is 1. The number of carboxylic acids is 1. The lowest BCUT2D eigenvalue weighted by molar-refractivity contribution is -0.137. The Morgan fingerprint density at radius 2 is 1.88 bits per heavy atom. The van der Waals surface area contributed by atoms with E-state index in [0.29, 0.717) is 22.5 Å². The molecule has 3 rings (SSSR count). The molecule has 0 saturated carbocycles. The first-order chi connectivity index (χ1) is 12.3. The Kier molecular flexibility index (Phi) is 5.09. The number of carbonyl (C=O) groups excluding carboxylic acids is 1. The zero-order valence-electron chi connectivity index (χ0n) is 14.6. The summed E-state index contributed by atoms with van der Waals surface area (Å²) >= 11 is 5.95. The third-order valence-electron chi connectivity index (χ3n) is 4.36. The van der Waals surface area contributed by atoms with Crippen LogP contribution in [0.4, 0.5) is 0 Å². The quantitative estimate of drug-likeness (QED) is 0.647. The number of rotatable bonds is 6. The van der Waals surface area contributed by atoms with E-state index in [0.717, 1.165) is 16.9 Å². The van der Waals surface area contributed by atoms with Crippen molar-refractivity contribution in [1.29, 1.82) is 0 Å². The molecule has 1 unspecified atom stereocenters. The molecule has 0 radical (unpaired) electrons. The molecule has 1 N–H and O–H groups in total. The SMILES string of the molecule is CC(=O)c1ccc2c(c1)nc(Cc1ccc(Cl)cc1)n2C(C)CC(=O)O. The molecule has 1 aromatic heterocycles. The lowest BCUT2D eigenvalue weighted by atomic mass is 10.1. The number of aromatic nitrogens is 2. The fraction of sp³-hybridized carbons (Fsp3) is 0.250. The van der Waals surface area contributed by atoms with Gasteiger partial charge in [-0.1, -0.05) is 23.7 Å². The van der Waals surface area contributed by atoms with E-state index >= 15 is 0 Å². The van der Waals surface area contributed by atoms with Crippen molar-refractivity contribution in [3.8, 4) is 0 Å². The van der Waals surface area contributed by atoms with Crippen molar-refractivity contribution in [3.05, 3.63) is 64.4 Å². The Morgan fingerprint density at radius 3 is 2.50 bits per heavy atom. The van der Waals surface area contributed by atoms with Gasteiger partial charge in [0.25, 0.3) is 0 Å². The van der Waals surface area contributed by atoms with Crippen LogP contribution in [-0.4, -0.2) is 26.4 Å². The molecule has 1 heterocycles. The van der Waals surface area contributed by atoms with Crippen LogP contribution in [0, 0.1) is 0 Å². The van der Waals surface area contributed by atoms with E-state index in [1.807, 2.05) is 41.8 Å². The number of aliphatic carboxylic acids is 1. The summed E-state index contributed by atoms with van der Waals surface area (Å²) < 4.78 is 1.95. The van der Waals surface area contributed by atoms with Gasteiger partial charge in [0.2, 0.25) is 0 Å². The molecule has 1 atom stereocenters. The summed E-state index contributed by atoms with van der Waals surface area (Å²) in [6, 6.07) is 12.6. The monoisotopic (exact) mass is 370 g/mol. The van der Waals surface area contributed by atoms with Gasteiger partial charge in [-0.2, -0.15) is 0 Å². The Bertz CT molecular complexity index is 977. The summed E-state index contributed by atoms with van der Waals surface area (Å²) in [5.41, 5.74) is 3.14. The number of halogens is 1. The molecule has 3 aromatic rings. The standard InChI is InChI=1S/C20H19ClN2O3/c1-12(9-20(25)26)23-18-8-5-15(13(2)24)11-17(18)22-19(23)10-14-3-6-16(21)7-4-14/h3-8,11-12H,9-10H2,1-2H3,(H,25,26). The number of hydrogen-bond donors (Lipinski definition) is 1. The molecule has 26 heavy (non-hydrogen) atoms. The van der Waals surface area contributed by atoms with Crippen LogP contribution < -0.4 is 0 Å². The van der Waals surface area contributed by atoms with Crippen LogP contribution in [0.3, 0.4) is 0 Å². The molecule has 0 fully saturated rings. The number of nitrogens with zero attached hydrogens (tertiary/aromatic N) is 2. The van der Waals surface area contributed by atoms with Crippen molar-refractivity contribution in [2.45, 2.75) is 32.7 Å². The molecular formula is C20H19ClN2O3. The van der Waals surface area contributed by atoms with E-state index in [1.54, 1.807) is 12.1 Å². The van der Waals surface area contributed by atoms with Crippen LogP contribution >= 0.6 is 11.6 Å². The fourth-order valence-electron chi connectivity index (χ4n) is 3.11. The first kappa shape index (κ1) is 18.1. The van der Waals surface area contributed by atoms with Crippen molar-refractivity contribution in [3.63, 3.8) is 0 Å². The van der Waals surface area contributed by atoms with E-state index in [1.165, 1.54) is 6.92 Å². The first-order valence-corrected chi connectivity index (χ1v) is 8.71. The lowest BCUT2D eigenvalue weighted by Crippen LogP contribution is -2.13. The molecule has 134 valence electrons. The summed E-state index contributed by atoms with van der Waals surface area (Å²) in [7, 11) is 0. The van der Waals surface area contributed by atoms with Gasteiger partial charge in [-0.15, -0.1) is 0 Å². The second-order valence-electron chi connectivity index (χ2n) is 6.41. The summed E-state index contributed by atoms with van der Waals surface area (Å²) in [6.45, 7) is 3.37. The molecule has 0 aliphatic rings. The average Bonchev–Trinajstić information content (AvgIpc) is 2.93. The largest absolute Gasteiger partial charge is 0.481 e. The Balaban J connectivity index is 2.10. The Hall–Kier alpha value is -2.66. The van der Waals surface area contributed by atoms with E-state index in [2.05, 4.69) is 4.98 Å². The van der Waals surface area contributed by atoms with Crippen LogP contribution in [0.1, 0.15) is 48.1 Å². The average molecular weight is 371 g/mol. The number of carbonyl (C=O) groups is 2. The minimum absolute atomic E-state index is 0.00641. The molecule has 0 aliphatic carbocycles. The predicted molar refractivity (Wildman–Crippen MR) is 101 cm³/mol. The van der Waals surface area contributed by atoms with Crippen LogP contribution in [0.25, 0.3) is 11.0 Å². The molecule has 0 spiro atoms. The highest BCUT2D eigenvalue weighted by Gasteiger charge is 2.19. The summed E-state index contributed by atoms with van der Waals surface area (Å²) in [4.78, 5) is 27.5. The maximum atomic E-state index is 11.7. The number of benzene rings is 2. The zero-order valence-corrected chi connectivity index (χ0v) is 15.3. The van der Waals surface area contributed by atoms with Crippen molar-refractivity contribution >= 4 is 34.4 Å². The first-order valence-electron chi connectivity index (χ1n) is 8.33. The van der Waals surface area contributed by atoms with Crippen molar-refractivity contribution in [2.24, 2.45) is 0 Å². The molecule has 0 amide bonds. The van der Waals surface area contributed by atoms with Gasteiger partial charge in [-0.05, 0) is 49.7 Å². The second kappa shape index (κ2) is 7.30. The smallest absolute Gasteiger partial charge is 0.305 e. The van der Waals surface area contributed by atoms with Gasteiger partial charge in [0, 0.05) is 23.0 Å². The van der Waals surface area contributed by atoms with E-state index in [9.17, 15) is 14.7 Å². The van der Waals surface area contributed by atoms with Gasteiger partial charge < -0.3 is 9.67 Å². The molecule has 5 nitrogen and oxygen atoms in total. The van der Waals surface area contributed by atoms with Gasteiger partial charge in [0.1, 0.15) is 5.82 Å². The Morgan fingerprint density at radius 1 is 1.19 bits per heavy atom. The molecule has 2 aromatic carbocycles. The van der Waals surface area contributed by atoms with Crippen LogP contribution in [0.5, 0.6) is 0 Å². The maximum Gasteiger partial charge on any atom is 0.305 e. The van der Waals surface area contributed by atoms with Crippen molar-refractivity contribution < 1.29 is 14.7 Å². The van der Waals surface area contributed by atoms with Gasteiger partial charge >= 0.3 is 5.97 Å². The third kappa shape index (κ3) is 3.78. The third-order valence-corrected chi connectivity index (χ3v) is 4.61. The summed E-state index contributed by atoms with van der Waals surface area (Å²) in [5.74, 6) is -0.131. The molecule has 0 bridgehead atoms. The number of imidazole rings is 1. The van der Waals surface area contributed by atoms with Crippen molar-refractivity contribution in [1.82, 2.24) is 9.55 Å². The molecule has 0 saturated heterocycles. The summed E-state index contributed by atoms with van der Waals surface area (Å²) in [5, 5.41) is 9.85. The summed E-state index contributed by atoms with van der Waals surface area (Å²) in [6.07, 6.45) is 0.540. The maximum absolute atomic E-state index is 11.7. The predicted octanol–water partition coefficient (Wildman–Crippen LogP) is 4.52. The highest BCUT2D eigenvalue weighted by molar-refractivity contribution is 6.30. The second-order valence-corrected chi connectivity index (χ2v) is 6.84. The fourth-order valence-corrected chi connectivity index (χ4v) is 3.24. The molecular weight excluding hydrogens is 352 g/mol. The number of hydrogen-bond acceptors (Lipinski definition) is 3. The lowest BCUT2D eigenvalue weighted by Gasteiger charge is -2.16. The number of carboxylic acid groups (broad SMARTS) is 1. The van der Waals surface area contributed by atoms with Gasteiger partial charge in [-0.3, -0.25) is 9.59 Å². The van der Waals surface area contributed by atoms with Crippen molar-refractivity contribution in [2.75, 3.05) is 0 Å². The van der Waals surface area contributed by atoms with Gasteiger partial charge in [-0.25, -0.2) is 4.98 Å². The van der Waals surface area contributed by atoms with Gasteiger partial charge in [0.15, 0.2) is 5.78 Å². The topological polar surface area (TPSA) is 72.2 Å². The highest BCUT2D eigenvalue weighted by atomic mass is 35.5. The number of ketones is 1. The number of Topliss-reactive ketones (excluding diaryl/α,β-unsaturated/α-hetero) is 1. The molecule has 6 heteroatoms. The van der Waals surface area contributed by atoms with Crippen LogP contribution in [-0.2, 0) is 11.2 Å². The Labute approximate surface area is 156 Å². The van der Waals surface area contributed by atoms with E-state index < -0.39 is 5.97 Å². The normalized spacial score (nSPS) is 12.3. The highest BCUT2D eigenvalue weighted by Crippen LogP contribution is 2.26.